The summed E-state index contributed by atoms with van der Waals surface area (Å²) in [4.78, 5) is 14.9. The Bertz CT molecular complexity index is 1130. The molecule has 0 bridgehead atoms. The van der Waals surface area contributed by atoms with Crippen molar-refractivity contribution in [1.82, 2.24) is 4.31 Å². The summed E-state index contributed by atoms with van der Waals surface area (Å²) in [7, 11) is -3.51. The first-order valence-corrected chi connectivity index (χ1v) is 12.1. The molecule has 3 aliphatic heterocycles. The van der Waals surface area contributed by atoms with Crippen molar-refractivity contribution >= 4 is 27.3 Å². The predicted molar refractivity (Wildman–Crippen MR) is 118 cm³/mol. The Morgan fingerprint density at radius 3 is 2.66 bits per heavy atom. The molecule has 1 saturated heterocycles. The predicted octanol–water partition coefficient (Wildman–Crippen LogP) is 1.83. The van der Waals surface area contributed by atoms with Gasteiger partial charge in [0.15, 0.2) is 11.5 Å². The van der Waals surface area contributed by atoms with Gasteiger partial charge in [0.2, 0.25) is 22.7 Å². The van der Waals surface area contributed by atoms with Crippen molar-refractivity contribution in [2.45, 2.75) is 17.7 Å². The summed E-state index contributed by atoms with van der Waals surface area (Å²) in [6.45, 7) is 3.11. The number of anilines is 2. The number of rotatable bonds is 6. The van der Waals surface area contributed by atoms with Crippen LogP contribution < -0.4 is 19.7 Å². The molecule has 0 aromatic heterocycles. The van der Waals surface area contributed by atoms with Gasteiger partial charge in [0, 0.05) is 50.0 Å². The molecule has 3 aliphatic rings. The van der Waals surface area contributed by atoms with E-state index in [4.69, 9.17) is 14.2 Å². The molecule has 2 aromatic rings. The van der Waals surface area contributed by atoms with Crippen LogP contribution in [0.1, 0.15) is 12.0 Å². The molecule has 9 nitrogen and oxygen atoms in total. The third-order valence-corrected chi connectivity index (χ3v) is 7.81. The second-order valence-electron chi connectivity index (χ2n) is 7.91. The molecule has 5 rings (SSSR count). The van der Waals surface area contributed by atoms with E-state index < -0.39 is 10.0 Å². The highest BCUT2D eigenvalue weighted by Gasteiger charge is 2.28. The number of hydrogen-bond acceptors (Lipinski definition) is 7. The molecular weight excluding hydrogens is 434 g/mol. The maximum Gasteiger partial charge on any atom is 0.243 e. The Kier molecular flexibility index (Phi) is 5.66. The number of sulfonamides is 1. The maximum absolute atomic E-state index is 12.9. The van der Waals surface area contributed by atoms with Gasteiger partial charge in [0.25, 0.3) is 0 Å². The second-order valence-corrected chi connectivity index (χ2v) is 9.85. The van der Waals surface area contributed by atoms with Crippen LogP contribution in [-0.4, -0.2) is 64.8 Å². The minimum atomic E-state index is -3.51. The molecule has 0 radical (unpaired) electrons. The molecule has 0 unspecified atom stereocenters. The minimum Gasteiger partial charge on any atom is -0.454 e. The molecule has 0 saturated carbocycles. The van der Waals surface area contributed by atoms with Crippen molar-refractivity contribution in [2.24, 2.45) is 0 Å². The molecular formula is C22H25N3O6S. The highest BCUT2D eigenvalue weighted by atomic mass is 32.2. The van der Waals surface area contributed by atoms with Gasteiger partial charge in [-0.1, -0.05) is 0 Å². The lowest BCUT2D eigenvalue weighted by atomic mass is 10.2. The minimum absolute atomic E-state index is 0.0937. The summed E-state index contributed by atoms with van der Waals surface area (Å²) < 4.78 is 43.2. The lowest BCUT2D eigenvalue weighted by Gasteiger charge is -2.26. The molecule has 0 aliphatic carbocycles. The summed E-state index contributed by atoms with van der Waals surface area (Å²) in [5, 5.41) is 2.89. The van der Waals surface area contributed by atoms with Gasteiger partial charge in [-0.2, -0.15) is 4.31 Å². The smallest absolute Gasteiger partial charge is 0.243 e. The number of hydrogen-bond donors (Lipinski definition) is 1. The zero-order valence-electron chi connectivity index (χ0n) is 17.6. The Labute approximate surface area is 186 Å². The average Bonchev–Trinajstić information content (AvgIpc) is 3.44. The molecule has 10 heteroatoms. The molecule has 170 valence electrons. The van der Waals surface area contributed by atoms with E-state index in [0.29, 0.717) is 61.4 Å². The number of carbonyl (C=O) groups excluding carboxylic acids is 1. The maximum atomic E-state index is 12.9. The highest BCUT2D eigenvalue weighted by molar-refractivity contribution is 7.89. The standard InChI is InChI=1S/C22H25N3O6S/c26-22(23-17-1-4-20-21(14-17)31-15-30-20)6-8-24-7-5-16-13-18(2-3-19(16)24)32(27,28)25-9-11-29-12-10-25/h1-4,13-14H,5-12,15H2,(H,23,26). The monoisotopic (exact) mass is 459 g/mol. The number of benzene rings is 2. The second kappa shape index (κ2) is 8.61. The number of nitrogens with one attached hydrogen (secondary N) is 1. The van der Waals surface area contributed by atoms with E-state index in [2.05, 4.69) is 10.2 Å². The Morgan fingerprint density at radius 2 is 1.81 bits per heavy atom. The Morgan fingerprint density at radius 1 is 1.00 bits per heavy atom. The lowest BCUT2D eigenvalue weighted by Crippen LogP contribution is -2.40. The van der Waals surface area contributed by atoms with Crippen LogP contribution in [0.15, 0.2) is 41.3 Å². The van der Waals surface area contributed by atoms with E-state index in [9.17, 15) is 13.2 Å². The quantitative estimate of drug-likeness (QED) is 0.704. The Hall–Kier alpha value is -2.82. The van der Waals surface area contributed by atoms with Crippen molar-refractivity contribution in [2.75, 3.05) is 56.4 Å². The number of carbonyl (C=O) groups is 1. The van der Waals surface area contributed by atoms with E-state index in [-0.39, 0.29) is 12.7 Å². The largest absolute Gasteiger partial charge is 0.454 e. The summed E-state index contributed by atoms with van der Waals surface area (Å²) in [5.74, 6) is 1.20. The van der Waals surface area contributed by atoms with Gasteiger partial charge in [-0.3, -0.25) is 4.79 Å². The molecule has 1 fully saturated rings. The van der Waals surface area contributed by atoms with Gasteiger partial charge >= 0.3 is 0 Å². The van der Waals surface area contributed by atoms with Gasteiger partial charge in [-0.25, -0.2) is 8.42 Å². The zero-order chi connectivity index (χ0) is 22.1. The first-order valence-electron chi connectivity index (χ1n) is 10.7. The molecule has 3 heterocycles. The average molecular weight is 460 g/mol. The van der Waals surface area contributed by atoms with E-state index >= 15 is 0 Å². The molecule has 0 atom stereocenters. The van der Waals surface area contributed by atoms with Crippen LogP contribution in [0, 0.1) is 0 Å². The van der Waals surface area contributed by atoms with Gasteiger partial charge in [0.05, 0.1) is 18.1 Å². The molecule has 2 aromatic carbocycles. The third kappa shape index (κ3) is 4.13. The number of morpholine rings is 1. The first kappa shape index (κ1) is 21.0. The number of ether oxygens (including phenoxy) is 3. The molecule has 1 amide bonds. The molecule has 1 N–H and O–H groups in total. The molecule has 32 heavy (non-hydrogen) atoms. The normalized spacial score (nSPS) is 17.9. The van der Waals surface area contributed by atoms with Gasteiger partial charge in [-0.15, -0.1) is 0 Å². The van der Waals surface area contributed by atoms with Gasteiger partial charge < -0.3 is 24.4 Å². The van der Waals surface area contributed by atoms with E-state index in [1.165, 1.54) is 4.31 Å². The van der Waals surface area contributed by atoms with Crippen LogP contribution in [0.2, 0.25) is 0 Å². The first-order chi connectivity index (χ1) is 15.5. The van der Waals surface area contributed by atoms with Gasteiger partial charge in [0.1, 0.15) is 0 Å². The third-order valence-electron chi connectivity index (χ3n) is 5.92. The fourth-order valence-electron chi connectivity index (χ4n) is 4.21. The number of nitrogens with zero attached hydrogens (tertiary/aromatic N) is 2. The summed E-state index contributed by atoms with van der Waals surface area (Å²) in [6.07, 6.45) is 1.08. The fourth-order valence-corrected chi connectivity index (χ4v) is 5.67. The van der Waals surface area contributed by atoms with E-state index in [1.54, 1.807) is 30.3 Å². The van der Waals surface area contributed by atoms with Crippen LogP contribution in [-0.2, 0) is 26.0 Å². The topological polar surface area (TPSA) is 97.4 Å². The Balaban J connectivity index is 1.21. The summed E-state index contributed by atoms with van der Waals surface area (Å²) >= 11 is 0. The summed E-state index contributed by atoms with van der Waals surface area (Å²) in [6, 6.07) is 10.6. The molecule has 0 spiro atoms. The van der Waals surface area contributed by atoms with Crippen LogP contribution in [0.3, 0.4) is 0 Å². The number of fused-ring (bicyclic) bond motifs is 2. The van der Waals surface area contributed by atoms with Crippen molar-refractivity contribution < 1.29 is 27.4 Å². The van der Waals surface area contributed by atoms with E-state index in [1.807, 2.05) is 6.07 Å². The van der Waals surface area contributed by atoms with Crippen LogP contribution in [0.4, 0.5) is 11.4 Å². The fraction of sp³-hybridized carbons (Fsp3) is 0.409. The van der Waals surface area contributed by atoms with E-state index in [0.717, 1.165) is 24.2 Å². The van der Waals surface area contributed by atoms with Crippen LogP contribution in [0.5, 0.6) is 11.5 Å². The SMILES string of the molecule is O=C(CCN1CCc2cc(S(=O)(=O)N3CCOCC3)ccc21)Nc1ccc2c(c1)OCO2. The zero-order valence-corrected chi connectivity index (χ0v) is 18.4. The van der Waals surface area contributed by atoms with Gasteiger partial charge in [-0.05, 0) is 42.3 Å². The van der Waals surface area contributed by atoms with Crippen molar-refractivity contribution in [1.29, 1.82) is 0 Å². The van der Waals surface area contributed by atoms with Crippen molar-refractivity contribution in [3.63, 3.8) is 0 Å². The lowest BCUT2D eigenvalue weighted by molar-refractivity contribution is -0.116. The number of amides is 1. The van der Waals surface area contributed by atoms with Crippen LogP contribution >= 0.6 is 0 Å². The van der Waals surface area contributed by atoms with Crippen LogP contribution in [0.25, 0.3) is 0 Å². The van der Waals surface area contributed by atoms with Crippen molar-refractivity contribution in [3.8, 4) is 11.5 Å². The highest BCUT2D eigenvalue weighted by Crippen LogP contribution is 2.34. The summed E-state index contributed by atoms with van der Waals surface area (Å²) in [5.41, 5.74) is 2.65. The van der Waals surface area contributed by atoms with Crippen molar-refractivity contribution in [3.05, 3.63) is 42.0 Å².